The molecule has 0 bridgehead atoms. The van der Waals surface area contributed by atoms with Gasteiger partial charge < -0.3 is 9.47 Å². The van der Waals surface area contributed by atoms with E-state index >= 15 is 0 Å². The lowest BCUT2D eigenvalue weighted by molar-refractivity contribution is -0.0487. The second-order valence-corrected chi connectivity index (χ2v) is 2.33. The van der Waals surface area contributed by atoms with E-state index in [4.69, 9.17) is 9.47 Å². The molecule has 0 radical (unpaired) electrons. The normalized spacial score (nSPS) is 27.0. The number of halogens is 2. The molecule has 0 amide bonds. The van der Waals surface area contributed by atoms with Crippen LogP contribution < -0.4 is 0 Å². The van der Waals surface area contributed by atoms with Crippen LogP contribution in [-0.4, -0.2) is 31.8 Å². The molecule has 60 valence electrons. The SMILES string of the molecule is CC(OCC1CO1)C(F)F. The molecule has 1 heterocycles. The highest BCUT2D eigenvalue weighted by Gasteiger charge is 2.25. The number of hydrogen-bond acceptors (Lipinski definition) is 2. The Hall–Kier alpha value is -0.220. The predicted octanol–water partition coefficient (Wildman–Crippen LogP) is 1.06. The largest absolute Gasteiger partial charge is 0.371 e. The highest BCUT2D eigenvalue weighted by molar-refractivity contribution is 4.68. The summed E-state index contributed by atoms with van der Waals surface area (Å²) in [6.45, 7) is 2.30. The van der Waals surface area contributed by atoms with Crippen LogP contribution in [0.2, 0.25) is 0 Å². The van der Waals surface area contributed by atoms with Gasteiger partial charge in [0.05, 0.1) is 13.2 Å². The molecule has 4 heteroatoms. The van der Waals surface area contributed by atoms with Gasteiger partial charge in [0.2, 0.25) is 0 Å². The van der Waals surface area contributed by atoms with E-state index in [1.807, 2.05) is 0 Å². The van der Waals surface area contributed by atoms with Crippen LogP contribution in [0.5, 0.6) is 0 Å². The molecular weight excluding hydrogens is 142 g/mol. The van der Waals surface area contributed by atoms with Gasteiger partial charge in [-0.25, -0.2) is 8.78 Å². The van der Waals surface area contributed by atoms with Crippen molar-refractivity contribution >= 4 is 0 Å². The molecule has 2 nitrogen and oxygen atoms in total. The number of alkyl halides is 2. The second kappa shape index (κ2) is 3.25. The first-order valence-electron chi connectivity index (χ1n) is 3.21. The maximum absolute atomic E-state index is 11.7. The minimum Gasteiger partial charge on any atom is -0.371 e. The third-order valence-corrected chi connectivity index (χ3v) is 1.30. The van der Waals surface area contributed by atoms with Crippen molar-refractivity contribution in [3.63, 3.8) is 0 Å². The van der Waals surface area contributed by atoms with Gasteiger partial charge in [0.25, 0.3) is 6.43 Å². The molecular formula is C6H10F2O2. The molecule has 0 aromatic heterocycles. The first kappa shape index (κ1) is 7.88. The van der Waals surface area contributed by atoms with E-state index in [1.165, 1.54) is 6.92 Å². The summed E-state index contributed by atoms with van der Waals surface area (Å²) in [5.41, 5.74) is 0. The van der Waals surface area contributed by atoms with Gasteiger partial charge in [-0.05, 0) is 6.92 Å². The Bertz CT molecular complexity index is 104. The Morgan fingerprint density at radius 2 is 2.30 bits per heavy atom. The Morgan fingerprint density at radius 3 is 2.70 bits per heavy atom. The van der Waals surface area contributed by atoms with Gasteiger partial charge in [0.1, 0.15) is 12.2 Å². The maximum atomic E-state index is 11.7. The van der Waals surface area contributed by atoms with E-state index in [-0.39, 0.29) is 6.10 Å². The Balaban J connectivity index is 1.99. The summed E-state index contributed by atoms with van der Waals surface area (Å²) < 4.78 is 33.0. The molecule has 1 saturated heterocycles. The standard InChI is InChI=1S/C6H10F2O2/c1-4(6(7)8)9-2-5-3-10-5/h4-6H,2-3H2,1H3. The van der Waals surface area contributed by atoms with Crippen LogP contribution in [0.3, 0.4) is 0 Å². The fourth-order valence-electron chi connectivity index (χ4n) is 0.496. The fraction of sp³-hybridized carbons (Fsp3) is 1.00. The van der Waals surface area contributed by atoms with E-state index in [9.17, 15) is 8.78 Å². The van der Waals surface area contributed by atoms with Crippen LogP contribution in [0.1, 0.15) is 6.92 Å². The van der Waals surface area contributed by atoms with Crippen molar-refractivity contribution in [3.05, 3.63) is 0 Å². The zero-order chi connectivity index (χ0) is 7.56. The topological polar surface area (TPSA) is 21.8 Å². The Labute approximate surface area is 58.1 Å². The van der Waals surface area contributed by atoms with Gasteiger partial charge in [0, 0.05) is 0 Å². The van der Waals surface area contributed by atoms with E-state index in [1.54, 1.807) is 0 Å². The summed E-state index contributed by atoms with van der Waals surface area (Å²) in [6, 6.07) is 0. The smallest absolute Gasteiger partial charge is 0.264 e. The fourth-order valence-corrected chi connectivity index (χ4v) is 0.496. The van der Waals surface area contributed by atoms with E-state index < -0.39 is 12.5 Å². The van der Waals surface area contributed by atoms with Crippen LogP contribution in [0.25, 0.3) is 0 Å². The molecule has 1 rings (SSSR count). The molecule has 1 aliphatic heterocycles. The van der Waals surface area contributed by atoms with Crippen LogP contribution >= 0.6 is 0 Å². The molecule has 10 heavy (non-hydrogen) atoms. The molecule has 0 N–H and O–H groups in total. The molecule has 2 atom stereocenters. The molecule has 0 saturated carbocycles. The van der Waals surface area contributed by atoms with Crippen molar-refractivity contribution in [3.8, 4) is 0 Å². The van der Waals surface area contributed by atoms with Crippen molar-refractivity contribution < 1.29 is 18.3 Å². The molecule has 1 fully saturated rings. The number of hydrogen-bond donors (Lipinski definition) is 0. The summed E-state index contributed by atoms with van der Waals surface area (Å²) in [5, 5.41) is 0. The molecule has 0 aliphatic carbocycles. The van der Waals surface area contributed by atoms with Gasteiger partial charge in [0.15, 0.2) is 0 Å². The van der Waals surface area contributed by atoms with Crippen molar-refractivity contribution in [1.82, 2.24) is 0 Å². The minimum absolute atomic E-state index is 0.0706. The van der Waals surface area contributed by atoms with Gasteiger partial charge in [-0.3, -0.25) is 0 Å². The first-order chi connectivity index (χ1) is 4.70. The Kier molecular flexibility index (Phi) is 2.56. The monoisotopic (exact) mass is 152 g/mol. The molecule has 0 aromatic carbocycles. The van der Waals surface area contributed by atoms with Crippen molar-refractivity contribution in [2.75, 3.05) is 13.2 Å². The lowest BCUT2D eigenvalue weighted by atomic mass is 10.4. The van der Waals surface area contributed by atoms with Crippen molar-refractivity contribution in [2.24, 2.45) is 0 Å². The summed E-state index contributed by atoms with van der Waals surface area (Å²) in [6.07, 6.45) is -3.29. The third-order valence-electron chi connectivity index (χ3n) is 1.30. The van der Waals surface area contributed by atoms with Crippen LogP contribution in [0.15, 0.2) is 0 Å². The van der Waals surface area contributed by atoms with Gasteiger partial charge in [-0.15, -0.1) is 0 Å². The second-order valence-electron chi connectivity index (χ2n) is 2.33. The first-order valence-corrected chi connectivity index (χ1v) is 3.21. The van der Waals surface area contributed by atoms with Crippen molar-refractivity contribution in [1.29, 1.82) is 0 Å². The average molecular weight is 152 g/mol. The summed E-state index contributed by atoms with van der Waals surface area (Å²) in [4.78, 5) is 0. The summed E-state index contributed by atoms with van der Waals surface area (Å²) >= 11 is 0. The molecule has 1 aliphatic rings. The Morgan fingerprint density at radius 1 is 1.70 bits per heavy atom. The number of rotatable bonds is 4. The molecule has 0 spiro atoms. The average Bonchev–Trinajstić information content (AvgIpc) is 2.64. The van der Waals surface area contributed by atoms with Gasteiger partial charge in [-0.2, -0.15) is 0 Å². The third kappa shape index (κ3) is 2.58. The van der Waals surface area contributed by atoms with E-state index in [0.29, 0.717) is 13.2 Å². The van der Waals surface area contributed by atoms with Crippen molar-refractivity contribution in [2.45, 2.75) is 25.6 Å². The van der Waals surface area contributed by atoms with Gasteiger partial charge >= 0.3 is 0 Å². The lowest BCUT2D eigenvalue weighted by Gasteiger charge is -2.09. The number of epoxide rings is 1. The van der Waals surface area contributed by atoms with Crippen LogP contribution in [0, 0.1) is 0 Å². The summed E-state index contributed by atoms with van der Waals surface area (Å²) in [5.74, 6) is 0. The van der Waals surface area contributed by atoms with Crippen LogP contribution in [0.4, 0.5) is 8.78 Å². The zero-order valence-corrected chi connectivity index (χ0v) is 5.72. The minimum atomic E-state index is -2.39. The zero-order valence-electron chi connectivity index (χ0n) is 5.72. The lowest BCUT2D eigenvalue weighted by Crippen LogP contribution is -2.20. The predicted molar refractivity (Wildman–Crippen MR) is 31.2 cm³/mol. The molecule has 0 aromatic rings. The van der Waals surface area contributed by atoms with E-state index in [2.05, 4.69) is 0 Å². The maximum Gasteiger partial charge on any atom is 0.264 e. The molecule has 2 unspecified atom stereocenters. The van der Waals surface area contributed by atoms with E-state index in [0.717, 1.165) is 0 Å². The quantitative estimate of drug-likeness (QED) is 0.562. The summed E-state index contributed by atoms with van der Waals surface area (Å²) in [7, 11) is 0. The highest BCUT2D eigenvalue weighted by Crippen LogP contribution is 2.12. The number of ether oxygens (including phenoxy) is 2. The van der Waals surface area contributed by atoms with Crippen LogP contribution in [-0.2, 0) is 9.47 Å². The van der Waals surface area contributed by atoms with Gasteiger partial charge in [-0.1, -0.05) is 0 Å². The highest BCUT2D eigenvalue weighted by atomic mass is 19.3.